The number of anilines is 1. The highest BCUT2D eigenvalue weighted by Gasteiger charge is 2.09. The Bertz CT molecular complexity index is 528. The minimum atomic E-state index is 0.372. The molecule has 1 N–H and O–H groups in total. The highest BCUT2D eigenvalue weighted by molar-refractivity contribution is 7.10. The van der Waals surface area contributed by atoms with E-state index < -0.39 is 0 Å². The van der Waals surface area contributed by atoms with Crippen LogP contribution in [0.15, 0.2) is 29.6 Å². The van der Waals surface area contributed by atoms with Gasteiger partial charge in [0.15, 0.2) is 0 Å². The first-order chi connectivity index (χ1) is 8.61. The summed E-state index contributed by atoms with van der Waals surface area (Å²) in [5.74, 6) is 0. The molecule has 1 nitrogen and oxygen atoms in total. The lowest BCUT2D eigenvalue weighted by molar-refractivity contribution is 0.898. The predicted molar refractivity (Wildman–Crippen MR) is 81.7 cm³/mol. The molecule has 0 saturated carbocycles. The molecule has 18 heavy (non-hydrogen) atoms. The van der Waals surface area contributed by atoms with Gasteiger partial charge in [-0.3, -0.25) is 0 Å². The van der Waals surface area contributed by atoms with E-state index in [9.17, 15) is 0 Å². The van der Waals surface area contributed by atoms with Gasteiger partial charge in [-0.05, 0) is 67.5 Å². The van der Waals surface area contributed by atoms with E-state index in [4.69, 9.17) is 0 Å². The van der Waals surface area contributed by atoms with Crippen LogP contribution in [0.4, 0.5) is 5.69 Å². The molecule has 0 radical (unpaired) electrons. The van der Waals surface area contributed by atoms with Crippen molar-refractivity contribution in [2.75, 3.05) is 5.32 Å². The van der Waals surface area contributed by atoms with E-state index in [-0.39, 0.29) is 0 Å². The first-order valence-electron chi connectivity index (χ1n) is 6.52. The number of rotatable bonds is 4. The molecule has 2 aromatic rings. The number of thiophene rings is 1. The van der Waals surface area contributed by atoms with Crippen LogP contribution in [0.3, 0.4) is 0 Å². The minimum absolute atomic E-state index is 0.372. The predicted octanol–water partition coefficient (Wildman–Crippen LogP) is 5.10. The molecule has 1 aromatic carbocycles. The van der Waals surface area contributed by atoms with E-state index in [1.54, 1.807) is 0 Å². The Kier molecular flexibility index (Phi) is 4.07. The van der Waals surface area contributed by atoms with Crippen molar-refractivity contribution >= 4 is 17.0 Å². The normalized spacial score (nSPS) is 12.4. The average molecular weight is 259 g/mol. The minimum Gasteiger partial charge on any atom is -0.378 e. The maximum atomic E-state index is 3.59. The van der Waals surface area contributed by atoms with Crippen molar-refractivity contribution in [1.29, 1.82) is 0 Å². The van der Waals surface area contributed by atoms with Gasteiger partial charge in [-0.1, -0.05) is 13.0 Å². The third-order valence-electron chi connectivity index (χ3n) is 3.40. The number of hydrogen-bond acceptors (Lipinski definition) is 2. The summed E-state index contributed by atoms with van der Waals surface area (Å²) in [4.78, 5) is 1.42. The monoisotopic (exact) mass is 259 g/mol. The van der Waals surface area contributed by atoms with E-state index in [1.807, 2.05) is 11.3 Å². The summed E-state index contributed by atoms with van der Waals surface area (Å²) >= 11 is 1.83. The Hall–Kier alpha value is -1.28. The van der Waals surface area contributed by atoms with E-state index in [1.165, 1.54) is 27.3 Å². The SMILES string of the molecule is CCc1ccc(NC(C)c2sccc2C)cc1C. The quantitative estimate of drug-likeness (QED) is 0.805. The second kappa shape index (κ2) is 5.57. The Morgan fingerprint density at radius 3 is 2.50 bits per heavy atom. The van der Waals surface area contributed by atoms with Crippen LogP contribution in [0.5, 0.6) is 0 Å². The van der Waals surface area contributed by atoms with E-state index in [0.29, 0.717) is 6.04 Å². The zero-order valence-electron chi connectivity index (χ0n) is 11.6. The van der Waals surface area contributed by atoms with E-state index in [2.05, 4.69) is 62.7 Å². The summed E-state index contributed by atoms with van der Waals surface area (Å²) in [5, 5.41) is 5.75. The maximum Gasteiger partial charge on any atom is 0.0581 e. The zero-order valence-corrected chi connectivity index (χ0v) is 12.4. The van der Waals surface area contributed by atoms with Crippen LogP contribution in [0, 0.1) is 13.8 Å². The second-order valence-electron chi connectivity index (χ2n) is 4.83. The van der Waals surface area contributed by atoms with Crippen molar-refractivity contribution < 1.29 is 0 Å². The fraction of sp³-hybridized carbons (Fsp3) is 0.375. The van der Waals surface area contributed by atoms with Crippen LogP contribution in [-0.2, 0) is 6.42 Å². The second-order valence-corrected chi connectivity index (χ2v) is 5.78. The maximum absolute atomic E-state index is 3.59. The van der Waals surface area contributed by atoms with Gasteiger partial charge in [0.2, 0.25) is 0 Å². The fourth-order valence-electron chi connectivity index (χ4n) is 2.33. The first-order valence-corrected chi connectivity index (χ1v) is 7.39. The molecule has 1 atom stereocenters. The molecule has 0 spiro atoms. The third-order valence-corrected chi connectivity index (χ3v) is 4.60. The number of hydrogen-bond donors (Lipinski definition) is 1. The molecule has 2 rings (SSSR count). The molecule has 0 aliphatic rings. The summed E-state index contributed by atoms with van der Waals surface area (Å²) in [7, 11) is 0. The smallest absolute Gasteiger partial charge is 0.0581 e. The zero-order chi connectivity index (χ0) is 13.1. The first kappa shape index (κ1) is 13.2. The molecule has 0 fully saturated rings. The highest BCUT2D eigenvalue weighted by atomic mass is 32.1. The molecule has 0 saturated heterocycles. The Morgan fingerprint density at radius 2 is 1.94 bits per heavy atom. The Labute approximate surface area is 114 Å². The van der Waals surface area contributed by atoms with Gasteiger partial charge in [0.05, 0.1) is 6.04 Å². The molecule has 1 aromatic heterocycles. The van der Waals surface area contributed by atoms with Crippen molar-refractivity contribution in [3.63, 3.8) is 0 Å². The number of benzene rings is 1. The lowest BCUT2D eigenvalue weighted by atomic mass is 10.1. The van der Waals surface area contributed by atoms with Gasteiger partial charge in [0, 0.05) is 10.6 Å². The van der Waals surface area contributed by atoms with Gasteiger partial charge in [-0.15, -0.1) is 11.3 Å². The van der Waals surface area contributed by atoms with Crippen LogP contribution in [0.25, 0.3) is 0 Å². The Morgan fingerprint density at radius 1 is 1.17 bits per heavy atom. The molecule has 0 aliphatic heterocycles. The lowest BCUT2D eigenvalue weighted by Gasteiger charge is -2.16. The summed E-state index contributed by atoms with van der Waals surface area (Å²) in [6, 6.07) is 9.22. The molecule has 96 valence electrons. The van der Waals surface area contributed by atoms with E-state index >= 15 is 0 Å². The molecular formula is C16H21NS. The van der Waals surface area contributed by atoms with Gasteiger partial charge in [-0.25, -0.2) is 0 Å². The van der Waals surface area contributed by atoms with Gasteiger partial charge < -0.3 is 5.32 Å². The Balaban J connectivity index is 2.15. The van der Waals surface area contributed by atoms with Crippen LogP contribution in [-0.4, -0.2) is 0 Å². The standard InChI is InChI=1S/C16H21NS/c1-5-14-6-7-15(10-12(14)3)17-13(4)16-11(2)8-9-18-16/h6-10,13,17H,5H2,1-4H3. The van der Waals surface area contributed by atoms with Crippen LogP contribution in [0.2, 0.25) is 0 Å². The van der Waals surface area contributed by atoms with Crippen molar-refractivity contribution in [1.82, 2.24) is 0 Å². The van der Waals surface area contributed by atoms with Crippen LogP contribution in [0.1, 0.15) is 41.5 Å². The van der Waals surface area contributed by atoms with Gasteiger partial charge in [0.25, 0.3) is 0 Å². The summed E-state index contributed by atoms with van der Waals surface area (Å²) in [6.07, 6.45) is 1.10. The van der Waals surface area contributed by atoms with Crippen LogP contribution < -0.4 is 5.32 Å². The van der Waals surface area contributed by atoms with Gasteiger partial charge >= 0.3 is 0 Å². The lowest BCUT2D eigenvalue weighted by Crippen LogP contribution is -2.06. The van der Waals surface area contributed by atoms with Gasteiger partial charge in [-0.2, -0.15) is 0 Å². The fourth-order valence-corrected chi connectivity index (χ4v) is 3.26. The summed E-state index contributed by atoms with van der Waals surface area (Å²) in [6.45, 7) is 8.79. The van der Waals surface area contributed by atoms with Crippen LogP contribution >= 0.6 is 11.3 Å². The number of aryl methyl sites for hydroxylation is 3. The third kappa shape index (κ3) is 2.75. The molecule has 1 unspecified atom stereocenters. The molecule has 0 bridgehead atoms. The largest absolute Gasteiger partial charge is 0.378 e. The number of nitrogens with one attached hydrogen (secondary N) is 1. The van der Waals surface area contributed by atoms with Gasteiger partial charge in [0.1, 0.15) is 0 Å². The van der Waals surface area contributed by atoms with E-state index in [0.717, 1.165) is 6.42 Å². The molecular weight excluding hydrogens is 238 g/mol. The topological polar surface area (TPSA) is 12.0 Å². The molecule has 2 heteroatoms. The molecule has 0 amide bonds. The highest BCUT2D eigenvalue weighted by Crippen LogP contribution is 2.27. The molecule has 0 aliphatic carbocycles. The van der Waals surface area contributed by atoms with Crippen molar-refractivity contribution in [2.45, 2.75) is 40.2 Å². The average Bonchev–Trinajstić information content (AvgIpc) is 2.76. The summed E-state index contributed by atoms with van der Waals surface area (Å²) < 4.78 is 0. The van der Waals surface area contributed by atoms with Crippen molar-refractivity contribution in [3.8, 4) is 0 Å². The van der Waals surface area contributed by atoms with Crippen molar-refractivity contribution in [2.24, 2.45) is 0 Å². The van der Waals surface area contributed by atoms with Crippen molar-refractivity contribution in [3.05, 3.63) is 51.2 Å². The molecule has 1 heterocycles. The summed E-state index contributed by atoms with van der Waals surface area (Å²) in [5.41, 5.74) is 5.39.